The Bertz CT molecular complexity index is 2770. The smallest absolute Gasteiger partial charge is 0.323 e. The van der Waals surface area contributed by atoms with Gasteiger partial charge in [-0.25, -0.2) is 0 Å². The van der Waals surface area contributed by atoms with Gasteiger partial charge < -0.3 is 21.3 Å². The average molecular weight is 1050 g/mol. The van der Waals surface area contributed by atoms with Gasteiger partial charge in [-0.1, -0.05) is 72.4 Å². The molecule has 0 heterocycles. The molecule has 5 aromatic rings. The summed E-state index contributed by atoms with van der Waals surface area (Å²) in [6.07, 6.45) is -9.05. The number of rotatable bonds is 16. The number of hydrogen-bond donors (Lipinski definition) is 4. The van der Waals surface area contributed by atoms with Crippen LogP contribution < -0.4 is 21.3 Å². The molecule has 2 unspecified atom stereocenters. The van der Waals surface area contributed by atoms with Crippen molar-refractivity contribution in [1.82, 2.24) is 0 Å². The number of alkyl halides is 6. The monoisotopic (exact) mass is 1050 g/mol. The summed E-state index contributed by atoms with van der Waals surface area (Å²) in [5.41, 5.74) is -2.20. The second-order valence-electron chi connectivity index (χ2n) is 14.9. The zero-order valence-corrected chi connectivity index (χ0v) is 39.7. The molecular formula is C46H36Cl4F6N8O6. The van der Waals surface area contributed by atoms with Gasteiger partial charge in [-0.2, -0.15) is 46.8 Å². The van der Waals surface area contributed by atoms with Crippen molar-refractivity contribution in [3.8, 4) is 0 Å². The van der Waals surface area contributed by atoms with Crippen LogP contribution in [0.1, 0.15) is 70.7 Å². The van der Waals surface area contributed by atoms with E-state index in [9.17, 15) is 55.1 Å². The van der Waals surface area contributed by atoms with E-state index in [0.29, 0.717) is 23.3 Å². The summed E-state index contributed by atoms with van der Waals surface area (Å²) in [5, 5.41) is 23.9. The van der Waals surface area contributed by atoms with E-state index in [1.165, 1.54) is 48.5 Å². The molecule has 0 aromatic heterocycles. The van der Waals surface area contributed by atoms with Crippen LogP contribution in [0, 0.1) is 0 Å². The quantitative estimate of drug-likeness (QED) is 0.0430. The van der Waals surface area contributed by atoms with E-state index < -0.39 is 80.8 Å². The highest BCUT2D eigenvalue weighted by atomic mass is 35.5. The summed E-state index contributed by atoms with van der Waals surface area (Å²) in [4.78, 5) is 78.8. The summed E-state index contributed by atoms with van der Waals surface area (Å²) in [7, 11) is 0. The number of nitrogens with one attached hydrogen (secondary N) is 4. The first-order valence-electron chi connectivity index (χ1n) is 20.4. The number of benzene rings is 5. The molecule has 70 heavy (non-hydrogen) atoms. The number of azo groups is 2. The van der Waals surface area contributed by atoms with Crippen LogP contribution in [0.15, 0.2) is 105 Å². The van der Waals surface area contributed by atoms with Crippen LogP contribution in [0.5, 0.6) is 0 Å². The Morgan fingerprint density at radius 3 is 1.20 bits per heavy atom. The molecule has 5 rings (SSSR count). The summed E-state index contributed by atoms with van der Waals surface area (Å²) in [6.45, 7) is 5.63. The number of carbonyl (C=O) groups excluding carboxylic acids is 6. The highest BCUT2D eigenvalue weighted by Gasteiger charge is 2.35. The van der Waals surface area contributed by atoms with E-state index in [-0.39, 0.29) is 68.1 Å². The van der Waals surface area contributed by atoms with E-state index in [4.69, 9.17) is 46.4 Å². The first-order valence-corrected chi connectivity index (χ1v) is 21.9. The zero-order chi connectivity index (χ0) is 51.8. The van der Waals surface area contributed by atoms with Crippen LogP contribution in [0.2, 0.25) is 20.1 Å². The third-order valence-corrected chi connectivity index (χ3v) is 11.4. The number of hydrogen-bond acceptors (Lipinski definition) is 10. The van der Waals surface area contributed by atoms with Crippen LogP contribution in [-0.4, -0.2) is 47.3 Å². The standard InChI is InChI=1S/C46H36Cl4F6N8O6/c1-5-23-17-36(60-44(70)40(22(4)66)64-62-34-12-8-10-28(38(34)50)42(68)58-26-14-16-32(48)30(20-26)46(54,55)56)24(6-2)18-35(23)59-43(69)39(21(3)65)63-61-33-11-7-9-27(37(33)49)41(67)57-25-13-15-31(47)29(19-25)45(51,52)53/h7-20,39-40H,5-6H2,1-4H3,(H,57,67)(H,58,68)(H,59,69)(H,60,70). The zero-order valence-electron chi connectivity index (χ0n) is 36.7. The van der Waals surface area contributed by atoms with Crippen molar-refractivity contribution in [2.45, 2.75) is 65.0 Å². The molecular weight excluding hydrogens is 1020 g/mol. The maximum atomic E-state index is 13.6. The Balaban J connectivity index is 1.31. The van der Waals surface area contributed by atoms with E-state index in [0.717, 1.165) is 38.1 Å². The van der Waals surface area contributed by atoms with E-state index in [1.54, 1.807) is 13.8 Å². The number of nitrogens with zero attached hydrogens (tertiary/aromatic N) is 4. The van der Waals surface area contributed by atoms with Gasteiger partial charge in [-0.3, -0.25) is 28.8 Å². The molecule has 0 aliphatic heterocycles. The maximum Gasteiger partial charge on any atom is 0.417 e. The van der Waals surface area contributed by atoms with Gasteiger partial charge in [0.15, 0.2) is 11.6 Å². The lowest BCUT2D eigenvalue weighted by Gasteiger charge is -2.18. The topological polar surface area (TPSA) is 200 Å². The molecule has 0 spiro atoms. The molecule has 0 radical (unpaired) electrons. The van der Waals surface area contributed by atoms with E-state index in [2.05, 4.69) is 41.7 Å². The molecule has 0 aliphatic rings. The lowest BCUT2D eigenvalue weighted by atomic mass is 10.0. The van der Waals surface area contributed by atoms with Gasteiger partial charge in [-0.15, -0.1) is 0 Å². The first-order chi connectivity index (χ1) is 32.8. The molecule has 4 amide bonds. The van der Waals surface area contributed by atoms with Gasteiger partial charge in [0, 0.05) is 22.7 Å². The fraction of sp³-hybridized carbons (Fsp3) is 0.217. The first kappa shape index (κ1) is 54.2. The van der Waals surface area contributed by atoms with Gasteiger partial charge in [0.25, 0.3) is 23.6 Å². The Morgan fingerprint density at radius 2 is 0.886 bits per heavy atom. The number of aryl methyl sites for hydroxylation is 2. The predicted octanol–water partition coefficient (Wildman–Crippen LogP) is 13.3. The summed E-state index contributed by atoms with van der Waals surface area (Å²) in [5.74, 6) is -5.15. The predicted molar refractivity (Wildman–Crippen MR) is 252 cm³/mol. The number of carbonyl (C=O) groups is 6. The van der Waals surface area contributed by atoms with Gasteiger partial charge in [0.1, 0.15) is 11.4 Å². The molecule has 0 bridgehead atoms. The fourth-order valence-corrected chi connectivity index (χ4v) is 7.32. The van der Waals surface area contributed by atoms with Gasteiger partial charge in [-0.05, 0) is 111 Å². The molecule has 2 atom stereocenters. The number of ketones is 2. The van der Waals surface area contributed by atoms with Crippen LogP contribution >= 0.6 is 46.4 Å². The second-order valence-corrected chi connectivity index (χ2v) is 16.5. The van der Waals surface area contributed by atoms with Crippen LogP contribution in [-0.2, 0) is 44.4 Å². The number of Topliss-reactive ketones (excluding diaryl/α,β-unsaturated/α-hetero) is 2. The summed E-state index contributed by atoms with van der Waals surface area (Å²) in [6, 6.07) is 13.0. The number of amides is 4. The van der Waals surface area contributed by atoms with Gasteiger partial charge in [0.2, 0.25) is 12.1 Å². The minimum absolute atomic E-state index is 0.158. The second kappa shape index (κ2) is 22.8. The largest absolute Gasteiger partial charge is 0.417 e. The molecule has 5 aromatic carbocycles. The highest BCUT2D eigenvalue weighted by Crippen LogP contribution is 2.39. The van der Waals surface area contributed by atoms with Crippen molar-refractivity contribution in [2.24, 2.45) is 20.5 Å². The Kier molecular flexibility index (Phi) is 17.6. The summed E-state index contributed by atoms with van der Waals surface area (Å²) >= 11 is 24.2. The Labute approximate surface area is 414 Å². The lowest BCUT2D eigenvalue weighted by molar-refractivity contribution is -0.138. The molecule has 24 heteroatoms. The Morgan fingerprint density at radius 1 is 0.529 bits per heavy atom. The van der Waals surface area contributed by atoms with Crippen molar-refractivity contribution in [3.63, 3.8) is 0 Å². The third kappa shape index (κ3) is 13.3. The van der Waals surface area contributed by atoms with Crippen molar-refractivity contribution in [2.75, 3.05) is 21.3 Å². The molecule has 0 saturated heterocycles. The summed E-state index contributed by atoms with van der Waals surface area (Å²) < 4.78 is 80.3. The molecule has 0 aliphatic carbocycles. The maximum absolute atomic E-state index is 13.6. The third-order valence-electron chi connectivity index (χ3n) is 9.94. The minimum Gasteiger partial charge on any atom is -0.323 e. The van der Waals surface area contributed by atoms with Crippen molar-refractivity contribution in [1.29, 1.82) is 0 Å². The van der Waals surface area contributed by atoms with Crippen LogP contribution in [0.4, 0.5) is 60.5 Å². The molecule has 366 valence electrons. The van der Waals surface area contributed by atoms with Crippen LogP contribution in [0.25, 0.3) is 0 Å². The minimum atomic E-state index is -4.80. The lowest BCUT2D eigenvalue weighted by Crippen LogP contribution is -2.33. The Hall–Kier alpha value is -6.74. The highest BCUT2D eigenvalue weighted by molar-refractivity contribution is 6.37. The molecule has 4 N–H and O–H groups in total. The SMILES string of the molecule is CCc1cc(NC(=O)C(N=Nc2cccc(C(=O)Nc3ccc(Cl)c(C(F)(F)F)c3)c2Cl)C(C)=O)c(CC)cc1NC(=O)C(N=Nc1cccc(C(=O)Nc2ccc(Cl)c(C(F)(F)F)c2)c1Cl)C(C)=O. The van der Waals surface area contributed by atoms with E-state index in [1.807, 2.05) is 0 Å². The van der Waals surface area contributed by atoms with Crippen molar-refractivity contribution in [3.05, 3.63) is 138 Å². The molecule has 14 nitrogen and oxygen atoms in total. The number of anilines is 4. The average Bonchev–Trinajstić information content (AvgIpc) is 3.28. The van der Waals surface area contributed by atoms with Gasteiger partial charge in [0.05, 0.1) is 42.3 Å². The molecule has 0 saturated carbocycles. The fourth-order valence-electron chi connectivity index (χ4n) is 6.37. The van der Waals surface area contributed by atoms with Crippen molar-refractivity contribution >= 4 is 116 Å². The van der Waals surface area contributed by atoms with Crippen molar-refractivity contribution < 1.29 is 55.1 Å². The number of halogens is 10. The normalized spacial score (nSPS) is 12.7. The van der Waals surface area contributed by atoms with E-state index >= 15 is 0 Å². The molecule has 0 fully saturated rings. The van der Waals surface area contributed by atoms with Gasteiger partial charge >= 0.3 is 12.4 Å². The van der Waals surface area contributed by atoms with Crippen LogP contribution in [0.3, 0.4) is 0 Å².